The highest BCUT2D eigenvalue weighted by Gasteiger charge is 2.52. The van der Waals surface area contributed by atoms with E-state index in [9.17, 15) is 19.2 Å². The molecule has 0 aliphatic carbocycles. The molecule has 1 saturated heterocycles. The molecule has 12 nitrogen and oxygen atoms in total. The summed E-state index contributed by atoms with van der Waals surface area (Å²) < 4.78 is 31.5. The predicted molar refractivity (Wildman–Crippen MR) is 88.2 cm³/mol. The highest BCUT2D eigenvalue weighted by molar-refractivity contribution is 5.68. The minimum atomic E-state index is -1.31. The standard InChI is InChI=1S/C16H23NO11/c1-8(18)24-7-12-13(25-9(2)19)14(26-10(3)20)15(27-11(4)21)16(28-12)23-6-5-17-22/h5,12-16,22H,6-7H2,1-4H3/b17-5+/t12-,13-,14+,15-,16-/m1/s1. The number of nitrogens with zero attached hydrogens (tertiary/aromatic N) is 1. The number of esters is 4. The lowest BCUT2D eigenvalue weighted by molar-refractivity contribution is -0.304. The Morgan fingerprint density at radius 3 is 1.93 bits per heavy atom. The smallest absolute Gasteiger partial charge is 0.303 e. The quantitative estimate of drug-likeness (QED) is 0.183. The number of carbonyl (C=O) groups is 4. The van der Waals surface area contributed by atoms with Crippen LogP contribution in [0.3, 0.4) is 0 Å². The first-order chi connectivity index (χ1) is 13.1. The van der Waals surface area contributed by atoms with Gasteiger partial charge in [-0.2, -0.15) is 0 Å². The highest BCUT2D eigenvalue weighted by Crippen LogP contribution is 2.29. The summed E-state index contributed by atoms with van der Waals surface area (Å²) in [5.41, 5.74) is 0. The summed E-state index contributed by atoms with van der Waals surface area (Å²) in [6.45, 7) is 3.91. The zero-order valence-electron chi connectivity index (χ0n) is 15.9. The molecule has 0 amide bonds. The van der Waals surface area contributed by atoms with Crippen LogP contribution >= 0.6 is 0 Å². The van der Waals surface area contributed by atoms with Crippen LogP contribution in [-0.4, -0.2) is 79.2 Å². The topological polar surface area (TPSA) is 156 Å². The maximum atomic E-state index is 11.6. The van der Waals surface area contributed by atoms with Crippen LogP contribution in [0.2, 0.25) is 0 Å². The summed E-state index contributed by atoms with van der Waals surface area (Å²) >= 11 is 0. The van der Waals surface area contributed by atoms with Gasteiger partial charge < -0.3 is 33.6 Å². The Morgan fingerprint density at radius 1 is 0.893 bits per heavy atom. The third kappa shape index (κ3) is 7.48. The SMILES string of the molecule is CC(=O)OC[C@H]1O[C@@H](OC/C=N/O)[C@H](OC(C)=O)[C@@H](OC(C)=O)[C@@H]1OC(C)=O. The van der Waals surface area contributed by atoms with Gasteiger partial charge in [0.1, 0.15) is 12.7 Å². The first-order valence-corrected chi connectivity index (χ1v) is 8.23. The van der Waals surface area contributed by atoms with E-state index in [4.69, 9.17) is 33.6 Å². The fourth-order valence-corrected chi connectivity index (χ4v) is 2.49. The van der Waals surface area contributed by atoms with Crippen molar-refractivity contribution in [3.05, 3.63) is 0 Å². The molecule has 1 aliphatic rings. The van der Waals surface area contributed by atoms with E-state index in [-0.39, 0.29) is 13.2 Å². The Bertz CT molecular complexity index is 605. The molecule has 28 heavy (non-hydrogen) atoms. The molecule has 0 unspecified atom stereocenters. The molecule has 158 valence electrons. The fourth-order valence-electron chi connectivity index (χ4n) is 2.49. The average molecular weight is 405 g/mol. The molecule has 0 aromatic carbocycles. The molecule has 1 heterocycles. The van der Waals surface area contributed by atoms with Crippen molar-refractivity contribution < 1.29 is 52.8 Å². The number of hydrogen-bond donors (Lipinski definition) is 1. The Hall–Kier alpha value is -2.73. The molecule has 0 spiro atoms. The van der Waals surface area contributed by atoms with Crippen LogP contribution in [0.4, 0.5) is 0 Å². The monoisotopic (exact) mass is 405 g/mol. The third-order valence-corrected chi connectivity index (χ3v) is 3.36. The average Bonchev–Trinajstić information content (AvgIpc) is 2.57. The van der Waals surface area contributed by atoms with E-state index in [0.717, 1.165) is 27.0 Å². The van der Waals surface area contributed by atoms with Gasteiger partial charge in [-0.25, -0.2) is 0 Å². The molecule has 5 atom stereocenters. The number of rotatable bonds is 8. The molecule has 1 N–H and O–H groups in total. The zero-order valence-corrected chi connectivity index (χ0v) is 15.9. The van der Waals surface area contributed by atoms with Crippen LogP contribution in [0, 0.1) is 0 Å². The van der Waals surface area contributed by atoms with E-state index >= 15 is 0 Å². The Balaban J connectivity index is 3.24. The van der Waals surface area contributed by atoms with Crippen LogP contribution in [-0.2, 0) is 47.6 Å². The molecule has 12 heteroatoms. The van der Waals surface area contributed by atoms with Crippen molar-refractivity contribution in [2.45, 2.75) is 58.4 Å². The summed E-state index contributed by atoms with van der Waals surface area (Å²) in [6, 6.07) is 0. The van der Waals surface area contributed by atoms with E-state index in [1.807, 2.05) is 0 Å². The first kappa shape index (κ1) is 23.3. The number of carbonyl (C=O) groups excluding carboxylic acids is 4. The van der Waals surface area contributed by atoms with Gasteiger partial charge in [-0.1, -0.05) is 5.16 Å². The van der Waals surface area contributed by atoms with Gasteiger partial charge in [0.25, 0.3) is 0 Å². The van der Waals surface area contributed by atoms with E-state index in [2.05, 4.69) is 5.16 Å². The van der Waals surface area contributed by atoms with Crippen molar-refractivity contribution >= 4 is 30.1 Å². The van der Waals surface area contributed by atoms with Gasteiger partial charge >= 0.3 is 23.9 Å². The number of hydrogen-bond acceptors (Lipinski definition) is 12. The van der Waals surface area contributed by atoms with Crippen LogP contribution in [0.15, 0.2) is 5.16 Å². The lowest BCUT2D eigenvalue weighted by Crippen LogP contribution is -2.63. The van der Waals surface area contributed by atoms with Gasteiger partial charge in [-0.05, 0) is 0 Å². The summed E-state index contributed by atoms with van der Waals surface area (Å²) in [5, 5.41) is 11.3. The molecule has 0 aromatic rings. The van der Waals surface area contributed by atoms with Crippen LogP contribution in [0.5, 0.6) is 0 Å². The van der Waals surface area contributed by atoms with Gasteiger partial charge in [-0.15, -0.1) is 0 Å². The van der Waals surface area contributed by atoms with E-state index in [1.54, 1.807) is 0 Å². The van der Waals surface area contributed by atoms with Crippen LogP contribution < -0.4 is 0 Å². The van der Waals surface area contributed by atoms with Gasteiger partial charge in [-0.3, -0.25) is 19.2 Å². The molecule has 0 saturated carbocycles. The van der Waals surface area contributed by atoms with Crippen molar-refractivity contribution in [2.75, 3.05) is 13.2 Å². The van der Waals surface area contributed by atoms with E-state index in [0.29, 0.717) is 0 Å². The summed E-state index contributed by atoms with van der Waals surface area (Å²) in [6.07, 6.45) is -5.29. The first-order valence-electron chi connectivity index (χ1n) is 8.23. The summed E-state index contributed by atoms with van der Waals surface area (Å²) in [7, 11) is 0. The highest BCUT2D eigenvalue weighted by atomic mass is 16.7. The van der Waals surface area contributed by atoms with Crippen molar-refractivity contribution in [2.24, 2.45) is 5.16 Å². The second kappa shape index (κ2) is 11.2. The number of ether oxygens (including phenoxy) is 6. The molecule has 1 rings (SSSR count). The lowest BCUT2D eigenvalue weighted by atomic mass is 9.98. The second-order valence-electron chi connectivity index (χ2n) is 5.70. The van der Waals surface area contributed by atoms with Gasteiger partial charge in [0.05, 0.1) is 12.8 Å². The molecular formula is C16H23NO11. The zero-order chi connectivity index (χ0) is 21.3. The van der Waals surface area contributed by atoms with Gasteiger partial charge in [0.2, 0.25) is 0 Å². The minimum absolute atomic E-state index is 0.246. The number of oxime groups is 1. The molecule has 0 bridgehead atoms. The van der Waals surface area contributed by atoms with Crippen LogP contribution in [0.1, 0.15) is 27.7 Å². The largest absolute Gasteiger partial charge is 0.463 e. The van der Waals surface area contributed by atoms with Gasteiger partial charge in [0.15, 0.2) is 24.6 Å². The van der Waals surface area contributed by atoms with Crippen LogP contribution in [0.25, 0.3) is 0 Å². The summed E-state index contributed by atoms with van der Waals surface area (Å²) in [4.78, 5) is 45.8. The van der Waals surface area contributed by atoms with E-state index in [1.165, 1.54) is 6.92 Å². The fraction of sp³-hybridized carbons (Fsp3) is 0.688. The van der Waals surface area contributed by atoms with Gasteiger partial charge in [0, 0.05) is 27.7 Å². The van der Waals surface area contributed by atoms with Crippen molar-refractivity contribution in [3.63, 3.8) is 0 Å². The Labute approximate surface area is 160 Å². The van der Waals surface area contributed by atoms with E-state index < -0.39 is 54.6 Å². The maximum absolute atomic E-state index is 11.6. The second-order valence-corrected chi connectivity index (χ2v) is 5.70. The molecule has 1 fully saturated rings. The Morgan fingerprint density at radius 2 is 1.43 bits per heavy atom. The molecule has 0 radical (unpaired) electrons. The normalized spacial score (nSPS) is 27.1. The molecular weight excluding hydrogens is 382 g/mol. The molecule has 1 aliphatic heterocycles. The van der Waals surface area contributed by atoms with Crippen molar-refractivity contribution in [3.8, 4) is 0 Å². The Kier molecular flexibility index (Phi) is 9.32. The molecule has 0 aromatic heterocycles. The van der Waals surface area contributed by atoms with Crippen molar-refractivity contribution in [1.29, 1.82) is 0 Å². The predicted octanol–water partition coefficient (Wildman–Crippen LogP) is -0.454. The summed E-state index contributed by atoms with van der Waals surface area (Å²) in [5.74, 6) is -2.84. The third-order valence-electron chi connectivity index (χ3n) is 3.36. The lowest BCUT2D eigenvalue weighted by Gasteiger charge is -2.43. The minimum Gasteiger partial charge on any atom is -0.463 e. The van der Waals surface area contributed by atoms with Crippen molar-refractivity contribution in [1.82, 2.24) is 0 Å². The maximum Gasteiger partial charge on any atom is 0.303 e.